The van der Waals surface area contributed by atoms with Crippen molar-refractivity contribution in [1.29, 1.82) is 0 Å². The van der Waals surface area contributed by atoms with E-state index in [2.05, 4.69) is 4.99 Å². The lowest BCUT2D eigenvalue weighted by Gasteiger charge is -1.99. The Morgan fingerprint density at radius 3 is 2.70 bits per heavy atom. The third-order valence-electron chi connectivity index (χ3n) is 2.93. The van der Waals surface area contributed by atoms with Crippen LogP contribution >= 0.6 is 0 Å². The van der Waals surface area contributed by atoms with Crippen LogP contribution in [0.3, 0.4) is 0 Å². The quantitative estimate of drug-likeness (QED) is 0.620. The molecule has 2 heterocycles. The first-order chi connectivity index (χ1) is 9.61. The highest BCUT2D eigenvalue weighted by Crippen LogP contribution is 2.20. The van der Waals surface area contributed by atoms with Gasteiger partial charge >= 0.3 is 5.97 Å². The molecule has 1 aliphatic rings. The molecular weight excluding hydrogens is 254 g/mol. The van der Waals surface area contributed by atoms with Gasteiger partial charge in [0.25, 0.3) is 0 Å². The molecule has 4 nitrogen and oxygen atoms in total. The van der Waals surface area contributed by atoms with Crippen LogP contribution in [0.15, 0.2) is 51.5 Å². The van der Waals surface area contributed by atoms with Crippen LogP contribution in [0.1, 0.15) is 22.6 Å². The summed E-state index contributed by atoms with van der Waals surface area (Å²) in [6.07, 6.45) is 1.58. The van der Waals surface area contributed by atoms with Gasteiger partial charge in [-0.25, -0.2) is 9.79 Å². The van der Waals surface area contributed by atoms with Gasteiger partial charge in [0.15, 0.2) is 5.70 Å². The average molecular weight is 267 g/mol. The van der Waals surface area contributed by atoms with Gasteiger partial charge in [-0.05, 0) is 38.1 Å². The van der Waals surface area contributed by atoms with E-state index in [0.29, 0.717) is 11.7 Å². The van der Waals surface area contributed by atoms with Crippen LogP contribution < -0.4 is 0 Å². The Morgan fingerprint density at radius 1 is 1.15 bits per heavy atom. The maximum atomic E-state index is 11.8. The monoisotopic (exact) mass is 267 g/mol. The number of esters is 1. The molecule has 1 aliphatic heterocycles. The zero-order chi connectivity index (χ0) is 14.1. The second-order valence-corrected chi connectivity index (χ2v) is 4.65. The SMILES string of the molecule is Cc1cccc(C2=NC(=Cc3ccc(C)o3)C(=O)O2)c1. The molecule has 0 unspecified atom stereocenters. The molecule has 0 saturated heterocycles. The molecule has 0 N–H and O–H groups in total. The van der Waals surface area contributed by atoms with Gasteiger partial charge in [0.2, 0.25) is 5.90 Å². The van der Waals surface area contributed by atoms with E-state index in [4.69, 9.17) is 9.15 Å². The Morgan fingerprint density at radius 2 is 2.00 bits per heavy atom. The van der Waals surface area contributed by atoms with Crippen molar-refractivity contribution < 1.29 is 13.9 Å². The molecule has 3 rings (SSSR count). The van der Waals surface area contributed by atoms with Crippen molar-refractivity contribution in [2.24, 2.45) is 4.99 Å². The number of aliphatic imine (C=N–C) groups is 1. The number of hydrogen-bond donors (Lipinski definition) is 0. The van der Waals surface area contributed by atoms with E-state index in [0.717, 1.165) is 16.9 Å². The molecule has 1 aromatic carbocycles. The number of aryl methyl sites for hydroxylation is 2. The molecule has 0 radical (unpaired) electrons. The number of carbonyl (C=O) groups is 1. The molecule has 0 aliphatic carbocycles. The first-order valence-corrected chi connectivity index (χ1v) is 6.28. The molecule has 0 spiro atoms. The molecule has 0 atom stereocenters. The van der Waals surface area contributed by atoms with Crippen LogP contribution in [-0.4, -0.2) is 11.9 Å². The lowest BCUT2D eigenvalue weighted by atomic mass is 10.1. The van der Waals surface area contributed by atoms with Crippen molar-refractivity contribution in [2.45, 2.75) is 13.8 Å². The number of rotatable bonds is 2. The van der Waals surface area contributed by atoms with E-state index in [1.54, 1.807) is 12.1 Å². The average Bonchev–Trinajstić information content (AvgIpc) is 2.97. The van der Waals surface area contributed by atoms with Crippen LogP contribution in [0, 0.1) is 13.8 Å². The van der Waals surface area contributed by atoms with E-state index in [-0.39, 0.29) is 5.70 Å². The smallest absolute Gasteiger partial charge is 0.363 e. The third kappa shape index (κ3) is 2.40. The van der Waals surface area contributed by atoms with E-state index in [1.165, 1.54) is 0 Å². The van der Waals surface area contributed by atoms with Crippen LogP contribution in [0.4, 0.5) is 0 Å². The van der Waals surface area contributed by atoms with E-state index < -0.39 is 5.97 Å². The van der Waals surface area contributed by atoms with Gasteiger partial charge in [-0.1, -0.05) is 17.7 Å². The zero-order valence-electron chi connectivity index (χ0n) is 11.2. The van der Waals surface area contributed by atoms with Gasteiger partial charge in [-0.2, -0.15) is 0 Å². The lowest BCUT2D eigenvalue weighted by molar-refractivity contribution is -0.129. The predicted octanol–water partition coefficient (Wildman–Crippen LogP) is 3.24. The first kappa shape index (κ1) is 12.4. The minimum absolute atomic E-state index is 0.246. The number of hydrogen-bond acceptors (Lipinski definition) is 4. The number of nitrogens with zero attached hydrogens (tertiary/aromatic N) is 1. The Bertz CT molecular complexity index is 738. The standard InChI is InChI=1S/C16H13NO3/c1-10-4-3-5-12(8-10)15-17-14(16(18)20-15)9-13-7-6-11(2)19-13/h3-9H,1-2H3. The van der Waals surface area contributed by atoms with Crippen LogP contribution in [0.5, 0.6) is 0 Å². The summed E-state index contributed by atoms with van der Waals surface area (Å²) in [7, 11) is 0. The number of benzene rings is 1. The molecule has 100 valence electrons. The van der Waals surface area contributed by atoms with Crippen LogP contribution in [0.25, 0.3) is 6.08 Å². The van der Waals surface area contributed by atoms with Gasteiger partial charge < -0.3 is 9.15 Å². The minimum atomic E-state index is -0.462. The molecule has 0 fully saturated rings. The largest absolute Gasteiger partial charge is 0.462 e. The molecule has 1 aromatic heterocycles. The predicted molar refractivity (Wildman–Crippen MR) is 75.2 cm³/mol. The summed E-state index contributed by atoms with van der Waals surface area (Å²) < 4.78 is 10.6. The van der Waals surface area contributed by atoms with Crippen molar-refractivity contribution in [3.8, 4) is 0 Å². The Hall–Kier alpha value is -2.62. The fourth-order valence-corrected chi connectivity index (χ4v) is 1.98. The fourth-order valence-electron chi connectivity index (χ4n) is 1.98. The Balaban J connectivity index is 1.94. The second kappa shape index (κ2) is 4.81. The second-order valence-electron chi connectivity index (χ2n) is 4.65. The maximum absolute atomic E-state index is 11.8. The third-order valence-corrected chi connectivity index (χ3v) is 2.93. The van der Waals surface area contributed by atoms with Gasteiger partial charge in [0.1, 0.15) is 11.5 Å². The van der Waals surface area contributed by atoms with E-state index in [9.17, 15) is 4.79 Å². The zero-order valence-corrected chi connectivity index (χ0v) is 11.2. The van der Waals surface area contributed by atoms with E-state index >= 15 is 0 Å². The summed E-state index contributed by atoms with van der Waals surface area (Å²) in [5, 5.41) is 0. The number of carbonyl (C=O) groups excluding carboxylic acids is 1. The molecule has 0 saturated carbocycles. The number of cyclic esters (lactones) is 1. The lowest BCUT2D eigenvalue weighted by Crippen LogP contribution is -2.05. The minimum Gasteiger partial charge on any atom is -0.462 e. The molecular formula is C16H13NO3. The summed E-state index contributed by atoms with van der Waals surface area (Å²) >= 11 is 0. The summed E-state index contributed by atoms with van der Waals surface area (Å²) in [5.41, 5.74) is 2.12. The van der Waals surface area contributed by atoms with Crippen LogP contribution in [0.2, 0.25) is 0 Å². The van der Waals surface area contributed by atoms with Crippen molar-refractivity contribution in [2.75, 3.05) is 0 Å². The molecule has 20 heavy (non-hydrogen) atoms. The molecule has 4 heteroatoms. The Labute approximate surface area is 116 Å². The molecule has 0 bridgehead atoms. The Kier molecular flexibility index (Phi) is 2.99. The fraction of sp³-hybridized carbons (Fsp3) is 0.125. The first-order valence-electron chi connectivity index (χ1n) is 6.28. The summed E-state index contributed by atoms with van der Waals surface area (Å²) in [6, 6.07) is 11.3. The van der Waals surface area contributed by atoms with Gasteiger partial charge in [-0.3, -0.25) is 0 Å². The number of ether oxygens (including phenoxy) is 1. The van der Waals surface area contributed by atoms with Crippen molar-refractivity contribution >= 4 is 17.9 Å². The summed E-state index contributed by atoms with van der Waals surface area (Å²) in [4.78, 5) is 16.0. The van der Waals surface area contributed by atoms with Gasteiger partial charge in [0, 0.05) is 11.6 Å². The van der Waals surface area contributed by atoms with Crippen molar-refractivity contribution in [3.05, 3.63) is 64.7 Å². The van der Waals surface area contributed by atoms with Crippen molar-refractivity contribution in [3.63, 3.8) is 0 Å². The highest BCUT2D eigenvalue weighted by atomic mass is 16.6. The van der Waals surface area contributed by atoms with Crippen LogP contribution in [-0.2, 0) is 9.53 Å². The molecule has 2 aromatic rings. The highest BCUT2D eigenvalue weighted by Gasteiger charge is 2.24. The van der Waals surface area contributed by atoms with Gasteiger partial charge in [-0.15, -0.1) is 0 Å². The number of furan rings is 1. The maximum Gasteiger partial charge on any atom is 0.363 e. The van der Waals surface area contributed by atoms with E-state index in [1.807, 2.05) is 44.2 Å². The molecule has 0 amide bonds. The summed E-state index contributed by atoms with van der Waals surface area (Å²) in [5.74, 6) is 1.23. The highest BCUT2D eigenvalue weighted by molar-refractivity contribution is 6.12. The van der Waals surface area contributed by atoms with Crippen molar-refractivity contribution in [1.82, 2.24) is 0 Å². The summed E-state index contributed by atoms with van der Waals surface area (Å²) in [6.45, 7) is 3.82. The van der Waals surface area contributed by atoms with Gasteiger partial charge in [0.05, 0.1) is 0 Å². The normalized spacial score (nSPS) is 16.4. The topological polar surface area (TPSA) is 51.8 Å².